The molecule has 0 saturated carbocycles. The Morgan fingerprint density at radius 3 is 2.52 bits per heavy atom. The number of carbonyl (C=O) groups is 2. The largest absolute Gasteiger partial charge is 0.477 e. The molecule has 1 unspecified atom stereocenters. The van der Waals surface area contributed by atoms with E-state index < -0.39 is 18.0 Å². The predicted octanol–water partition coefficient (Wildman–Crippen LogP) is 2.48. The Kier molecular flexibility index (Phi) is 4.54. The lowest BCUT2D eigenvalue weighted by Crippen LogP contribution is -2.22. The van der Waals surface area contributed by atoms with Crippen LogP contribution in [0.1, 0.15) is 27.0 Å². The third-order valence-electron chi connectivity index (χ3n) is 2.83. The lowest BCUT2D eigenvalue weighted by molar-refractivity contribution is -0.141. The zero-order chi connectivity index (χ0) is 15.4. The third kappa shape index (κ3) is 3.38. The Morgan fingerprint density at radius 2 is 2.00 bits per heavy atom. The minimum absolute atomic E-state index is 0.147. The van der Waals surface area contributed by atoms with Gasteiger partial charge < -0.3 is 15.2 Å². The molecule has 0 aliphatic heterocycles. The van der Waals surface area contributed by atoms with Gasteiger partial charge in [0.25, 0.3) is 0 Å². The summed E-state index contributed by atoms with van der Waals surface area (Å²) >= 11 is 0.989. The van der Waals surface area contributed by atoms with Gasteiger partial charge in [0.2, 0.25) is 0 Å². The molecule has 0 aliphatic carbocycles. The first-order chi connectivity index (χ1) is 10.0. The molecule has 1 atom stereocenters. The van der Waals surface area contributed by atoms with E-state index in [1.165, 1.54) is 7.11 Å². The Labute approximate surface area is 125 Å². The van der Waals surface area contributed by atoms with Crippen molar-refractivity contribution in [1.29, 1.82) is 0 Å². The van der Waals surface area contributed by atoms with Crippen LogP contribution in [0.2, 0.25) is 0 Å². The van der Waals surface area contributed by atoms with Gasteiger partial charge in [-0.05, 0) is 12.5 Å². The minimum atomic E-state index is -1.03. The molecule has 0 amide bonds. The van der Waals surface area contributed by atoms with Crippen LogP contribution in [0.25, 0.3) is 0 Å². The monoisotopic (exact) mass is 306 g/mol. The summed E-state index contributed by atoms with van der Waals surface area (Å²) in [5.74, 6) is -1.50. The summed E-state index contributed by atoms with van der Waals surface area (Å²) in [7, 11) is 1.30. The number of aryl methyl sites for hydroxylation is 1. The number of aromatic nitrogens is 1. The summed E-state index contributed by atoms with van der Waals surface area (Å²) in [6.45, 7) is 1.61. The highest BCUT2D eigenvalue weighted by atomic mass is 32.1. The van der Waals surface area contributed by atoms with E-state index >= 15 is 0 Å². The zero-order valence-corrected chi connectivity index (χ0v) is 12.3. The fourth-order valence-electron chi connectivity index (χ4n) is 1.82. The summed E-state index contributed by atoms with van der Waals surface area (Å²) in [5, 5.41) is 12.3. The molecule has 1 heterocycles. The molecule has 2 N–H and O–H groups in total. The SMILES string of the molecule is COC(=O)C(Nc1nc(C)c(C(=O)O)s1)c1ccccc1. The van der Waals surface area contributed by atoms with Crippen LogP contribution in [-0.4, -0.2) is 29.1 Å². The maximum Gasteiger partial charge on any atom is 0.347 e. The van der Waals surface area contributed by atoms with Crippen molar-refractivity contribution < 1.29 is 19.4 Å². The highest BCUT2D eigenvalue weighted by Gasteiger charge is 2.23. The number of esters is 1. The number of carbonyl (C=O) groups excluding carboxylic acids is 1. The second-order valence-electron chi connectivity index (χ2n) is 4.25. The summed E-state index contributed by atoms with van der Waals surface area (Å²) in [5.41, 5.74) is 1.13. The Hall–Kier alpha value is -2.41. The first kappa shape index (κ1) is 15.0. The van der Waals surface area contributed by atoms with E-state index in [4.69, 9.17) is 9.84 Å². The number of rotatable bonds is 5. The Balaban J connectivity index is 2.30. The van der Waals surface area contributed by atoms with Gasteiger partial charge in [0.1, 0.15) is 4.88 Å². The van der Waals surface area contributed by atoms with E-state index in [-0.39, 0.29) is 4.88 Å². The molecule has 7 heteroatoms. The van der Waals surface area contributed by atoms with Gasteiger partial charge in [0.05, 0.1) is 12.8 Å². The van der Waals surface area contributed by atoms with Crippen molar-refractivity contribution >= 4 is 28.4 Å². The number of benzene rings is 1. The van der Waals surface area contributed by atoms with Gasteiger partial charge in [0, 0.05) is 0 Å². The first-order valence-electron chi connectivity index (χ1n) is 6.13. The molecular formula is C14H14N2O4S. The molecule has 0 saturated heterocycles. The number of thiazole rings is 1. The molecule has 0 fully saturated rings. The standard InChI is InChI=1S/C14H14N2O4S/c1-8-11(12(17)18)21-14(15-8)16-10(13(19)20-2)9-6-4-3-5-7-9/h3-7,10H,1-2H3,(H,15,16)(H,17,18). The summed E-state index contributed by atoms with van der Waals surface area (Å²) in [6, 6.07) is 8.29. The molecular weight excluding hydrogens is 292 g/mol. The number of anilines is 1. The second kappa shape index (κ2) is 6.36. The van der Waals surface area contributed by atoms with Crippen LogP contribution in [0.3, 0.4) is 0 Å². The maximum atomic E-state index is 11.9. The molecule has 0 spiro atoms. The van der Waals surface area contributed by atoms with Crippen LogP contribution in [-0.2, 0) is 9.53 Å². The molecule has 0 radical (unpaired) electrons. The molecule has 1 aromatic heterocycles. The smallest absolute Gasteiger partial charge is 0.347 e. The van der Waals surface area contributed by atoms with Gasteiger partial charge in [-0.2, -0.15) is 0 Å². The minimum Gasteiger partial charge on any atom is -0.477 e. The third-order valence-corrected chi connectivity index (χ3v) is 3.91. The number of aromatic carboxylic acids is 1. The van der Waals surface area contributed by atoms with E-state index in [1.807, 2.05) is 18.2 Å². The van der Waals surface area contributed by atoms with Crippen molar-refractivity contribution in [2.75, 3.05) is 12.4 Å². The predicted molar refractivity (Wildman–Crippen MR) is 78.6 cm³/mol. The second-order valence-corrected chi connectivity index (χ2v) is 5.25. The van der Waals surface area contributed by atoms with Crippen molar-refractivity contribution in [1.82, 2.24) is 4.98 Å². The fraction of sp³-hybridized carbons (Fsp3) is 0.214. The Morgan fingerprint density at radius 1 is 1.33 bits per heavy atom. The zero-order valence-electron chi connectivity index (χ0n) is 11.5. The molecule has 1 aromatic carbocycles. The van der Waals surface area contributed by atoms with Gasteiger partial charge in [-0.3, -0.25) is 0 Å². The fourth-order valence-corrected chi connectivity index (χ4v) is 2.66. The highest BCUT2D eigenvalue weighted by molar-refractivity contribution is 7.17. The van der Waals surface area contributed by atoms with Crippen molar-refractivity contribution in [3.63, 3.8) is 0 Å². The number of hydrogen-bond acceptors (Lipinski definition) is 6. The average Bonchev–Trinajstić information content (AvgIpc) is 2.86. The van der Waals surface area contributed by atoms with Crippen molar-refractivity contribution in [2.45, 2.75) is 13.0 Å². The number of nitrogens with one attached hydrogen (secondary N) is 1. The number of methoxy groups -OCH3 is 1. The molecule has 2 aromatic rings. The Bertz CT molecular complexity index is 654. The van der Waals surface area contributed by atoms with E-state index in [0.29, 0.717) is 16.4 Å². The van der Waals surface area contributed by atoms with Gasteiger partial charge in [-0.1, -0.05) is 41.7 Å². The number of ether oxygens (including phenoxy) is 1. The lowest BCUT2D eigenvalue weighted by atomic mass is 10.1. The maximum absolute atomic E-state index is 11.9. The van der Waals surface area contributed by atoms with E-state index in [9.17, 15) is 9.59 Å². The normalized spacial score (nSPS) is 11.7. The van der Waals surface area contributed by atoms with Gasteiger partial charge >= 0.3 is 11.9 Å². The summed E-state index contributed by atoms with van der Waals surface area (Å²) in [6.07, 6.45) is 0. The van der Waals surface area contributed by atoms with Crippen LogP contribution >= 0.6 is 11.3 Å². The van der Waals surface area contributed by atoms with E-state index in [1.54, 1.807) is 19.1 Å². The van der Waals surface area contributed by atoms with Crippen LogP contribution in [0.5, 0.6) is 0 Å². The van der Waals surface area contributed by atoms with Gasteiger partial charge in [0.15, 0.2) is 11.2 Å². The summed E-state index contributed by atoms with van der Waals surface area (Å²) < 4.78 is 4.78. The van der Waals surface area contributed by atoms with Crippen molar-refractivity contribution in [3.8, 4) is 0 Å². The number of hydrogen-bond donors (Lipinski definition) is 2. The molecule has 110 valence electrons. The molecule has 21 heavy (non-hydrogen) atoms. The quantitative estimate of drug-likeness (QED) is 0.825. The van der Waals surface area contributed by atoms with Crippen molar-refractivity contribution in [2.24, 2.45) is 0 Å². The number of carboxylic acid groups (broad SMARTS) is 1. The van der Waals surface area contributed by atoms with Crippen LogP contribution in [0.15, 0.2) is 30.3 Å². The van der Waals surface area contributed by atoms with Gasteiger partial charge in [-0.25, -0.2) is 14.6 Å². The molecule has 0 aliphatic rings. The highest BCUT2D eigenvalue weighted by Crippen LogP contribution is 2.27. The van der Waals surface area contributed by atoms with Gasteiger partial charge in [-0.15, -0.1) is 0 Å². The van der Waals surface area contributed by atoms with Crippen LogP contribution in [0, 0.1) is 6.92 Å². The first-order valence-corrected chi connectivity index (χ1v) is 6.94. The number of nitrogens with zero attached hydrogens (tertiary/aromatic N) is 1. The lowest BCUT2D eigenvalue weighted by Gasteiger charge is -2.15. The number of carboxylic acids is 1. The van der Waals surface area contributed by atoms with E-state index in [2.05, 4.69) is 10.3 Å². The average molecular weight is 306 g/mol. The van der Waals surface area contributed by atoms with Crippen LogP contribution in [0.4, 0.5) is 5.13 Å². The molecule has 6 nitrogen and oxygen atoms in total. The van der Waals surface area contributed by atoms with Crippen molar-refractivity contribution in [3.05, 3.63) is 46.5 Å². The topological polar surface area (TPSA) is 88.5 Å². The van der Waals surface area contributed by atoms with E-state index in [0.717, 1.165) is 11.3 Å². The van der Waals surface area contributed by atoms with Crippen LogP contribution < -0.4 is 5.32 Å². The molecule has 2 rings (SSSR count). The summed E-state index contributed by atoms with van der Waals surface area (Å²) in [4.78, 5) is 27.2. The molecule has 0 bridgehead atoms.